The summed E-state index contributed by atoms with van der Waals surface area (Å²) in [6.07, 6.45) is 3.83. The third-order valence-corrected chi connectivity index (χ3v) is 2.96. The lowest BCUT2D eigenvalue weighted by molar-refractivity contribution is 0.209. The smallest absolute Gasteiger partial charge is 0.140 e. The van der Waals surface area contributed by atoms with Gasteiger partial charge >= 0.3 is 0 Å². The van der Waals surface area contributed by atoms with Gasteiger partial charge in [0.15, 0.2) is 0 Å². The van der Waals surface area contributed by atoms with Crippen molar-refractivity contribution in [1.82, 2.24) is 0 Å². The van der Waals surface area contributed by atoms with Crippen LogP contribution in [0.25, 0.3) is 0 Å². The van der Waals surface area contributed by atoms with Crippen LogP contribution in [0.15, 0.2) is 17.0 Å². The number of nitrogens with zero attached hydrogens (tertiary/aromatic N) is 1. The highest BCUT2D eigenvalue weighted by atomic mass is 16.5. The fraction of sp³-hybridized carbons (Fsp3) is 0.750. The predicted octanol–water partition coefficient (Wildman–Crippen LogP) is 3.19. The molecule has 0 amide bonds. The van der Waals surface area contributed by atoms with Crippen molar-refractivity contribution >= 4 is 5.71 Å². The summed E-state index contributed by atoms with van der Waals surface area (Å²) in [4.78, 5) is 0. The van der Waals surface area contributed by atoms with E-state index in [9.17, 15) is 0 Å². The summed E-state index contributed by atoms with van der Waals surface area (Å²) >= 11 is 0. The monoisotopic (exact) mass is 211 g/mol. The van der Waals surface area contributed by atoms with Crippen molar-refractivity contribution in [1.29, 1.82) is 0 Å². The summed E-state index contributed by atoms with van der Waals surface area (Å²) in [5, 5.41) is 12.3. The first-order valence-corrected chi connectivity index (χ1v) is 5.53. The summed E-state index contributed by atoms with van der Waals surface area (Å²) in [6, 6.07) is 0. The summed E-state index contributed by atoms with van der Waals surface area (Å²) in [7, 11) is 0. The first-order valence-electron chi connectivity index (χ1n) is 5.53. The van der Waals surface area contributed by atoms with E-state index in [1.165, 1.54) is 0 Å². The first kappa shape index (κ1) is 12.1. The highest BCUT2D eigenvalue weighted by Crippen LogP contribution is 2.36. The molecule has 0 saturated heterocycles. The Bertz CT molecular complexity index is 274. The topological polar surface area (TPSA) is 41.8 Å². The van der Waals surface area contributed by atoms with E-state index in [-0.39, 0.29) is 5.41 Å². The number of allylic oxidation sites excluding steroid dienone is 2. The molecule has 1 aliphatic rings. The van der Waals surface area contributed by atoms with Gasteiger partial charge in [0.05, 0.1) is 6.61 Å². The molecule has 0 saturated carbocycles. The van der Waals surface area contributed by atoms with Crippen LogP contribution < -0.4 is 0 Å². The van der Waals surface area contributed by atoms with Crippen LogP contribution in [0.3, 0.4) is 0 Å². The number of hydrogen-bond donors (Lipinski definition) is 1. The zero-order valence-electron chi connectivity index (χ0n) is 10.1. The summed E-state index contributed by atoms with van der Waals surface area (Å²) in [5.74, 6) is 1.27. The van der Waals surface area contributed by atoms with Crippen LogP contribution in [-0.2, 0) is 4.74 Å². The maximum atomic E-state index is 8.94. The molecule has 3 nitrogen and oxygen atoms in total. The molecule has 0 bridgehead atoms. The number of oxime groups is 1. The van der Waals surface area contributed by atoms with Gasteiger partial charge in [0, 0.05) is 6.42 Å². The molecule has 86 valence electrons. The highest BCUT2D eigenvalue weighted by Gasteiger charge is 2.30. The third kappa shape index (κ3) is 2.98. The second-order valence-electron chi connectivity index (χ2n) is 5.05. The van der Waals surface area contributed by atoms with Crippen molar-refractivity contribution in [2.75, 3.05) is 6.61 Å². The van der Waals surface area contributed by atoms with E-state index in [0.717, 1.165) is 18.6 Å². The van der Waals surface area contributed by atoms with Gasteiger partial charge in [-0.1, -0.05) is 25.9 Å². The van der Waals surface area contributed by atoms with E-state index in [4.69, 9.17) is 9.94 Å². The van der Waals surface area contributed by atoms with Crippen LogP contribution in [0, 0.1) is 11.3 Å². The van der Waals surface area contributed by atoms with E-state index in [0.29, 0.717) is 18.2 Å². The van der Waals surface area contributed by atoms with Crippen molar-refractivity contribution in [2.24, 2.45) is 16.5 Å². The fourth-order valence-corrected chi connectivity index (χ4v) is 1.83. The number of hydrogen-bond acceptors (Lipinski definition) is 3. The second kappa shape index (κ2) is 4.69. The van der Waals surface area contributed by atoms with Gasteiger partial charge in [-0.25, -0.2) is 0 Å². The van der Waals surface area contributed by atoms with Crippen LogP contribution in [0.5, 0.6) is 0 Å². The Balaban J connectivity index is 2.79. The Hall–Kier alpha value is -0.990. The normalized spacial score (nSPS) is 25.2. The molecule has 0 radical (unpaired) electrons. The van der Waals surface area contributed by atoms with Crippen LogP contribution in [0.4, 0.5) is 0 Å². The minimum atomic E-state index is 0.240. The fourth-order valence-electron chi connectivity index (χ4n) is 1.83. The van der Waals surface area contributed by atoms with E-state index in [2.05, 4.69) is 25.9 Å². The Morgan fingerprint density at radius 3 is 2.67 bits per heavy atom. The van der Waals surface area contributed by atoms with Gasteiger partial charge < -0.3 is 9.94 Å². The van der Waals surface area contributed by atoms with E-state index < -0.39 is 0 Å². The summed E-state index contributed by atoms with van der Waals surface area (Å²) in [6.45, 7) is 9.20. The van der Waals surface area contributed by atoms with Gasteiger partial charge in [-0.15, -0.1) is 0 Å². The van der Waals surface area contributed by atoms with Gasteiger partial charge in [0.25, 0.3) is 0 Å². The molecule has 0 aromatic carbocycles. The van der Waals surface area contributed by atoms with Crippen molar-refractivity contribution in [3.05, 3.63) is 11.8 Å². The molecule has 0 heterocycles. The number of rotatable bonds is 2. The Morgan fingerprint density at radius 2 is 2.20 bits per heavy atom. The Morgan fingerprint density at radius 1 is 1.53 bits per heavy atom. The minimum absolute atomic E-state index is 0.240. The molecule has 1 N–H and O–H groups in total. The van der Waals surface area contributed by atoms with Crippen LogP contribution in [0.2, 0.25) is 0 Å². The Kier molecular flexibility index (Phi) is 3.77. The van der Waals surface area contributed by atoms with Crippen LogP contribution >= 0.6 is 0 Å². The molecular formula is C12H21NO2. The highest BCUT2D eigenvalue weighted by molar-refractivity contribution is 5.98. The molecule has 0 aromatic rings. The largest absolute Gasteiger partial charge is 0.492 e. The zero-order chi connectivity index (χ0) is 11.5. The minimum Gasteiger partial charge on any atom is -0.492 e. The molecular weight excluding hydrogens is 190 g/mol. The summed E-state index contributed by atoms with van der Waals surface area (Å²) in [5.41, 5.74) is 0.924. The SMILES string of the molecule is CCOC1=CCC(C(C)(C)C)CC1=NO. The van der Waals surface area contributed by atoms with Gasteiger partial charge in [0.1, 0.15) is 11.5 Å². The lowest BCUT2D eigenvalue weighted by Gasteiger charge is -2.33. The molecule has 0 aromatic heterocycles. The molecule has 1 atom stereocenters. The quantitative estimate of drug-likeness (QED) is 0.563. The van der Waals surface area contributed by atoms with Crippen molar-refractivity contribution < 1.29 is 9.94 Å². The van der Waals surface area contributed by atoms with E-state index in [1.807, 2.05) is 13.0 Å². The predicted molar refractivity (Wildman–Crippen MR) is 61.1 cm³/mol. The molecule has 3 heteroatoms. The first-order chi connectivity index (χ1) is 6.99. The van der Waals surface area contributed by atoms with Gasteiger partial charge in [-0.2, -0.15) is 0 Å². The lowest BCUT2D eigenvalue weighted by Crippen LogP contribution is -2.27. The van der Waals surface area contributed by atoms with E-state index >= 15 is 0 Å². The van der Waals surface area contributed by atoms with Crippen molar-refractivity contribution in [2.45, 2.75) is 40.5 Å². The lowest BCUT2D eigenvalue weighted by atomic mass is 9.73. The van der Waals surface area contributed by atoms with Crippen LogP contribution in [-0.4, -0.2) is 17.5 Å². The van der Waals surface area contributed by atoms with Crippen LogP contribution in [0.1, 0.15) is 40.5 Å². The molecule has 0 spiro atoms. The van der Waals surface area contributed by atoms with Gasteiger partial charge in [0.2, 0.25) is 0 Å². The molecule has 1 rings (SSSR count). The summed E-state index contributed by atoms with van der Waals surface area (Å²) < 4.78 is 5.42. The van der Waals surface area contributed by atoms with Crippen molar-refractivity contribution in [3.63, 3.8) is 0 Å². The number of ether oxygens (including phenoxy) is 1. The zero-order valence-corrected chi connectivity index (χ0v) is 10.1. The molecule has 1 unspecified atom stereocenters. The Labute approximate surface area is 91.8 Å². The maximum absolute atomic E-state index is 8.94. The van der Waals surface area contributed by atoms with Crippen molar-refractivity contribution in [3.8, 4) is 0 Å². The average molecular weight is 211 g/mol. The standard InChI is InChI=1S/C12H21NO2/c1-5-15-11-7-6-9(12(2,3)4)8-10(11)13-14/h7,9,14H,5-6,8H2,1-4H3. The second-order valence-corrected chi connectivity index (χ2v) is 5.05. The van der Waals surface area contributed by atoms with E-state index in [1.54, 1.807) is 0 Å². The van der Waals surface area contributed by atoms with Gasteiger partial charge in [-0.05, 0) is 30.8 Å². The van der Waals surface area contributed by atoms with Gasteiger partial charge in [-0.3, -0.25) is 0 Å². The molecule has 0 aliphatic heterocycles. The molecule has 0 fully saturated rings. The molecule has 1 aliphatic carbocycles. The third-order valence-electron chi connectivity index (χ3n) is 2.96. The maximum Gasteiger partial charge on any atom is 0.140 e. The molecule has 15 heavy (non-hydrogen) atoms. The average Bonchev–Trinajstić information content (AvgIpc) is 2.17.